The second kappa shape index (κ2) is 7.98. The molecule has 0 bridgehead atoms. The van der Waals surface area contributed by atoms with E-state index in [1.165, 1.54) is 12.1 Å². The van der Waals surface area contributed by atoms with Gasteiger partial charge in [-0.05, 0) is 42.8 Å². The third-order valence-corrected chi connectivity index (χ3v) is 7.92. The highest BCUT2D eigenvalue weighted by molar-refractivity contribution is 7.89. The number of nitrogens with zero attached hydrogens (tertiary/aromatic N) is 3. The quantitative estimate of drug-likeness (QED) is 0.630. The summed E-state index contributed by atoms with van der Waals surface area (Å²) in [6.07, 6.45) is -2.91. The third kappa shape index (κ3) is 4.34. The van der Waals surface area contributed by atoms with Crippen LogP contribution in [0.4, 0.5) is 22.0 Å². The average Bonchev–Trinajstić information content (AvgIpc) is 3.15. The molecule has 2 aromatic rings. The van der Waals surface area contributed by atoms with Gasteiger partial charge in [0.15, 0.2) is 0 Å². The number of sulfonamides is 1. The zero-order valence-electron chi connectivity index (χ0n) is 17.0. The van der Waals surface area contributed by atoms with Gasteiger partial charge in [0.05, 0.1) is 11.4 Å². The van der Waals surface area contributed by atoms with E-state index >= 15 is 0 Å². The number of halogens is 5. The van der Waals surface area contributed by atoms with Gasteiger partial charge in [0.1, 0.15) is 0 Å². The number of alkyl halides is 5. The first-order chi connectivity index (χ1) is 14.9. The highest BCUT2D eigenvalue weighted by atomic mass is 32.2. The Hall–Kier alpha value is -2.21. The molecule has 1 aromatic heterocycles. The van der Waals surface area contributed by atoms with Crippen LogP contribution in [0.5, 0.6) is 0 Å². The van der Waals surface area contributed by atoms with Crippen molar-refractivity contribution in [2.24, 2.45) is 0 Å². The summed E-state index contributed by atoms with van der Waals surface area (Å²) in [5.74, 6) is -4.93. The van der Waals surface area contributed by atoms with Crippen LogP contribution in [0.3, 0.4) is 0 Å². The summed E-state index contributed by atoms with van der Waals surface area (Å²) in [6, 6.07) is 5.92. The standard InChI is InChI=1S/C20H22F5N3O3S/c21-19(22)7-1-8-27(13-19)32(30,31)16-3-2-14-4-11-28(17(14)12-16)15-5-9-26(10-6-15)18(29)20(23,24)25/h2-4,11-12,15H,1,5-10,13H2. The normalized spacial score (nSPS) is 21.2. The minimum Gasteiger partial charge on any atom is -0.344 e. The van der Waals surface area contributed by atoms with Crippen molar-refractivity contribution < 1.29 is 35.2 Å². The highest BCUT2D eigenvalue weighted by Gasteiger charge is 2.43. The number of likely N-dealkylation sites (tertiary alicyclic amines) is 1. The second-order valence-corrected chi connectivity index (χ2v) is 10.2. The summed E-state index contributed by atoms with van der Waals surface area (Å²) in [6.45, 7) is -0.976. The van der Waals surface area contributed by atoms with E-state index in [0.29, 0.717) is 5.52 Å². The van der Waals surface area contributed by atoms with Crippen molar-refractivity contribution in [3.05, 3.63) is 30.5 Å². The first-order valence-corrected chi connectivity index (χ1v) is 11.7. The molecular formula is C20H22F5N3O3S. The molecule has 0 spiro atoms. The highest BCUT2D eigenvalue weighted by Crippen LogP contribution is 2.33. The molecule has 2 fully saturated rings. The molecule has 3 heterocycles. The van der Waals surface area contributed by atoms with E-state index in [-0.39, 0.29) is 56.3 Å². The first kappa shape index (κ1) is 23.0. The lowest BCUT2D eigenvalue weighted by molar-refractivity contribution is -0.186. The van der Waals surface area contributed by atoms with Crippen molar-refractivity contribution in [3.8, 4) is 0 Å². The lowest BCUT2D eigenvalue weighted by atomic mass is 10.0. The number of carbonyl (C=O) groups excluding carboxylic acids is 1. The molecule has 0 radical (unpaired) electrons. The van der Waals surface area contributed by atoms with Crippen molar-refractivity contribution in [2.75, 3.05) is 26.2 Å². The van der Waals surface area contributed by atoms with E-state index in [9.17, 15) is 35.2 Å². The van der Waals surface area contributed by atoms with Crippen LogP contribution < -0.4 is 0 Å². The largest absolute Gasteiger partial charge is 0.471 e. The number of amides is 1. The van der Waals surface area contributed by atoms with Gasteiger partial charge in [-0.3, -0.25) is 4.79 Å². The van der Waals surface area contributed by atoms with E-state index in [1.54, 1.807) is 22.9 Å². The maximum Gasteiger partial charge on any atom is 0.471 e. The first-order valence-electron chi connectivity index (χ1n) is 10.2. The van der Waals surface area contributed by atoms with Crippen molar-refractivity contribution in [1.82, 2.24) is 13.8 Å². The smallest absolute Gasteiger partial charge is 0.344 e. The van der Waals surface area contributed by atoms with Gasteiger partial charge in [-0.25, -0.2) is 17.2 Å². The minimum absolute atomic E-state index is 0.0165. The molecule has 176 valence electrons. The number of rotatable bonds is 3. The van der Waals surface area contributed by atoms with Gasteiger partial charge in [0.2, 0.25) is 10.0 Å². The Kier molecular flexibility index (Phi) is 5.73. The predicted molar refractivity (Wildman–Crippen MR) is 106 cm³/mol. The Morgan fingerprint density at radius 2 is 1.75 bits per heavy atom. The molecule has 0 saturated carbocycles. The van der Waals surface area contributed by atoms with Crippen molar-refractivity contribution >= 4 is 26.8 Å². The average molecular weight is 479 g/mol. The van der Waals surface area contributed by atoms with Crippen molar-refractivity contribution in [1.29, 1.82) is 0 Å². The molecule has 1 aromatic carbocycles. The van der Waals surface area contributed by atoms with Crippen LogP contribution in [0.15, 0.2) is 35.4 Å². The summed E-state index contributed by atoms with van der Waals surface area (Å²) < 4.78 is 94.1. The lowest BCUT2D eigenvalue weighted by Gasteiger charge is -2.33. The molecule has 32 heavy (non-hydrogen) atoms. The van der Waals surface area contributed by atoms with Crippen molar-refractivity contribution in [2.45, 2.75) is 48.7 Å². The number of aromatic nitrogens is 1. The van der Waals surface area contributed by atoms with E-state index in [1.807, 2.05) is 0 Å². The zero-order valence-corrected chi connectivity index (χ0v) is 17.8. The molecule has 6 nitrogen and oxygen atoms in total. The molecule has 0 aliphatic carbocycles. The summed E-state index contributed by atoms with van der Waals surface area (Å²) in [7, 11) is -4.12. The number of fused-ring (bicyclic) bond motifs is 1. The van der Waals surface area contributed by atoms with Crippen LogP contribution in [0, 0.1) is 0 Å². The lowest BCUT2D eigenvalue weighted by Crippen LogP contribution is -2.45. The Balaban J connectivity index is 1.57. The van der Waals surface area contributed by atoms with Gasteiger partial charge in [0.25, 0.3) is 5.92 Å². The van der Waals surface area contributed by atoms with Gasteiger partial charge in [-0.2, -0.15) is 17.5 Å². The van der Waals surface area contributed by atoms with Crippen LogP contribution in [0.1, 0.15) is 31.7 Å². The fourth-order valence-corrected chi connectivity index (χ4v) is 5.95. The molecular weight excluding hydrogens is 457 g/mol. The van der Waals surface area contributed by atoms with Crippen molar-refractivity contribution in [3.63, 3.8) is 0 Å². The fourth-order valence-electron chi connectivity index (χ4n) is 4.42. The molecule has 2 saturated heterocycles. The van der Waals surface area contributed by atoms with Gasteiger partial charge >= 0.3 is 12.1 Å². The van der Waals surface area contributed by atoms with E-state index in [4.69, 9.17) is 0 Å². The summed E-state index contributed by atoms with van der Waals surface area (Å²) in [5.41, 5.74) is 0.551. The predicted octanol–water partition coefficient (Wildman–Crippen LogP) is 3.79. The van der Waals surface area contributed by atoms with Gasteiger partial charge < -0.3 is 9.47 Å². The number of carbonyl (C=O) groups is 1. The Labute approximate surface area is 181 Å². The maximum absolute atomic E-state index is 13.8. The molecule has 0 atom stereocenters. The molecule has 12 heteroatoms. The maximum atomic E-state index is 13.8. The van der Waals surface area contributed by atoms with Crippen LogP contribution in [0.25, 0.3) is 10.9 Å². The molecule has 1 amide bonds. The Morgan fingerprint density at radius 1 is 1.06 bits per heavy atom. The number of hydrogen-bond donors (Lipinski definition) is 0. The Bertz CT molecular complexity index is 1120. The molecule has 2 aliphatic rings. The van der Waals surface area contributed by atoms with Gasteiger partial charge in [-0.15, -0.1) is 0 Å². The van der Waals surface area contributed by atoms with Crippen LogP contribution >= 0.6 is 0 Å². The fraction of sp³-hybridized carbons (Fsp3) is 0.550. The number of piperidine rings is 2. The zero-order chi connectivity index (χ0) is 23.3. The van der Waals surface area contributed by atoms with Gasteiger partial charge in [0, 0.05) is 43.8 Å². The minimum atomic E-state index is -4.92. The monoisotopic (exact) mass is 479 g/mol. The van der Waals surface area contributed by atoms with E-state index in [0.717, 1.165) is 14.6 Å². The summed E-state index contributed by atoms with van der Waals surface area (Å²) >= 11 is 0. The molecule has 0 N–H and O–H groups in total. The van der Waals surface area contributed by atoms with Gasteiger partial charge in [-0.1, -0.05) is 6.07 Å². The third-order valence-electron chi connectivity index (χ3n) is 6.08. The molecule has 2 aliphatic heterocycles. The number of hydrogen-bond acceptors (Lipinski definition) is 3. The summed E-state index contributed by atoms with van der Waals surface area (Å²) in [5, 5.41) is 0.724. The topological polar surface area (TPSA) is 62.6 Å². The number of benzene rings is 1. The Morgan fingerprint density at radius 3 is 2.38 bits per heavy atom. The molecule has 0 unspecified atom stereocenters. The van der Waals surface area contributed by atoms with Crippen LogP contribution in [-0.2, 0) is 14.8 Å². The van der Waals surface area contributed by atoms with E-state index in [2.05, 4.69) is 0 Å². The van der Waals surface area contributed by atoms with Crippen LogP contribution in [-0.4, -0.2) is 66.4 Å². The van der Waals surface area contributed by atoms with Crippen LogP contribution in [0.2, 0.25) is 0 Å². The SMILES string of the molecule is O=C(N1CCC(n2ccc3ccc(S(=O)(=O)N4CCCC(F)(F)C4)cc32)CC1)C(F)(F)F. The second-order valence-electron chi connectivity index (χ2n) is 8.26. The summed E-state index contributed by atoms with van der Waals surface area (Å²) in [4.78, 5) is 12.1. The molecule has 4 rings (SSSR count). The van der Waals surface area contributed by atoms with E-state index < -0.39 is 34.6 Å².